The molecule has 0 unspecified atom stereocenters. The molecule has 7 heteroatoms. The van der Waals surface area contributed by atoms with Crippen LogP contribution in [0, 0.1) is 11.3 Å². The van der Waals surface area contributed by atoms with Gasteiger partial charge < -0.3 is 9.47 Å². The fourth-order valence-corrected chi connectivity index (χ4v) is 1.71. The number of rotatable bonds is 5. The molecule has 0 heterocycles. The van der Waals surface area contributed by atoms with Crippen LogP contribution in [0.1, 0.15) is 16.7 Å². The van der Waals surface area contributed by atoms with Gasteiger partial charge in [0.1, 0.15) is 11.8 Å². The minimum atomic E-state index is -3.04. The predicted molar refractivity (Wildman–Crippen MR) is 63.1 cm³/mol. The standard InChI is InChI=1S/C12H10ClF2NO3/c1-18-11(17)4-7-2-9(6-16)10(19-12(14)15)3-8(7)5-13/h2-3,12H,4-5H2,1H3. The minimum absolute atomic E-state index is 0.00235. The summed E-state index contributed by atoms with van der Waals surface area (Å²) in [6.07, 6.45) is -0.0950. The van der Waals surface area contributed by atoms with E-state index in [9.17, 15) is 13.6 Å². The van der Waals surface area contributed by atoms with E-state index < -0.39 is 12.6 Å². The van der Waals surface area contributed by atoms with Gasteiger partial charge in [-0.15, -0.1) is 11.6 Å². The zero-order chi connectivity index (χ0) is 14.4. The van der Waals surface area contributed by atoms with Crippen molar-refractivity contribution in [2.24, 2.45) is 0 Å². The van der Waals surface area contributed by atoms with Crippen LogP contribution < -0.4 is 4.74 Å². The second-order valence-electron chi connectivity index (χ2n) is 3.49. The molecule has 1 aromatic rings. The number of hydrogen-bond donors (Lipinski definition) is 0. The molecule has 0 aliphatic carbocycles. The van der Waals surface area contributed by atoms with Crippen LogP contribution in [0.4, 0.5) is 8.78 Å². The molecule has 1 rings (SSSR count). The highest BCUT2D eigenvalue weighted by atomic mass is 35.5. The van der Waals surface area contributed by atoms with Crippen molar-refractivity contribution in [3.63, 3.8) is 0 Å². The molecule has 4 nitrogen and oxygen atoms in total. The largest absolute Gasteiger partial charge is 0.469 e. The Hall–Kier alpha value is -1.87. The summed E-state index contributed by atoms with van der Waals surface area (Å²) in [5.41, 5.74) is 0.787. The number of methoxy groups -OCH3 is 1. The number of esters is 1. The third-order valence-corrected chi connectivity index (χ3v) is 2.63. The van der Waals surface area contributed by atoms with Crippen molar-refractivity contribution >= 4 is 17.6 Å². The lowest BCUT2D eigenvalue weighted by Gasteiger charge is -2.12. The van der Waals surface area contributed by atoms with Gasteiger partial charge in [0.2, 0.25) is 0 Å². The highest BCUT2D eigenvalue weighted by molar-refractivity contribution is 6.17. The Morgan fingerprint density at radius 1 is 1.47 bits per heavy atom. The van der Waals surface area contributed by atoms with Gasteiger partial charge in [0, 0.05) is 5.88 Å². The van der Waals surface area contributed by atoms with Gasteiger partial charge in [-0.05, 0) is 23.3 Å². The van der Waals surface area contributed by atoms with E-state index in [1.807, 2.05) is 0 Å². The molecule has 0 N–H and O–H groups in total. The number of alkyl halides is 3. The Balaban J connectivity index is 3.19. The Bertz CT molecular complexity index is 514. The van der Waals surface area contributed by atoms with E-state index in [1.54, 1.807) is 6.07 Å². The first-order valence-corrected chi connectivity index (χ1v) is 5.68. The van der Waals surface area contributed by atoms with Gasteiger partial charge >= 0.3 is 12.6 Å². The topological polar surface area (TPSA) is 59.3 Å². The molecule has 0 aliphatic heterocycles. The smallest absolute Gasteiger partial charge is 0.387 e. The van der Waals surface area contributed by atoms with Crippen LogP contribution in [0.3, 0.4) is 0 Å². The molecule has 0 saturated heterocycles. The zero-order valence-electron chi connectivity index (χ0n) is 9.95. The van der Waals surface area contributed by atoms with Crippen LogP contribution in [-0.4, -0.2) is 19.7 Å². The maximum absolute atomic E-state index is 12.2. The van der Waals surface area contributed by atoms with Crippen molar-refractivity contribution in [1.82, 2.24) is 0 Å². The Kier molecular flexibility index (Phi) is 5.52. The van der Waals surface area contributed by atoms with Gasteiger partial charge in [-0.25, -0.2) is 0 Å². The van der Waals surface area contributed by atoms with Crippen molar-refractivity contribution in [3.8, 4) is 11.8 Å². The van der Waals surface area contributed by atoms with E-state index in [0.29, 0.717) is 11.1 Å². The van der Waals surface area contributed by atoms with Crippen LogP contribution in [0.2, 0.25) is 0 Å². The molecule has 102 valence electrons. The quantitative estimate of drug-likeness (QED) is 0.617. The van der Waals surface area contributed by atoms with Crippen molar-refractivity contribution in [1.29, 1.82) is 5.26 Å². The molecule has 1 aromatic carbocycles. The molecule has 0 radical (unpaired) electrons. The first-order valence-electron chi connectivity index (χ1n) is 5.15. The van der Waals surface area contributed by atoms with Gasteiger partial charge in [-0.2, -0.15) is 14.0 Å². The van der Waals surface area contributed by atoms with Crippen molar-refractivity contribution in [3.05, 3.63) is 28.8 Å². The molecule has 0 amide bonds. The van der Waals surface area contributed by atoms with Gasteiger partial charge in [0.15, 0.2) is 0 Å². The first kappa shape index (κ1) is 15.2. The summed E-state index contributed by atoms with van der Waals surface area (Å²) in [4.78, 5) is 11.2. The number of hydrogen-bond acceptors (Lipinski definition) is 4. The lowest BCUT2D eigenvalue weighted by molar-refractivity contribution is -0.139. The van der Waals surface area contributed by atoms with Gasteiger partial charge in [-0.3, -0.25) is 4.79 Å². The summed E-state index contributed by atoms with van der Waals surface area (Å²) in [5.74, 6) is -0.781. The molecule has 0 atom stereocenters. The number of ether oxygens (including phenoxy) is 2. The van der Waals surface area contributed by atoms with E-state index in [-0.39, 0.29) is 23.6 Å². The monoisotopic (exact) mass is 289 g/mol. The number of carbonyl (C=O) groups excluding carboxylic acids is 1. The van der Waals surface area contributed by atoms with Crippen LogP contribution in [0.15, 0.2) is 12.1 Å². The number of benzene rings is 1. The Labute approximate surface area is 113 Å². The van der Waals surface area contributed by atoms with E-state index in [2.05, 4.69) is 9.47 Å². The third kappa shape index (κ3) is 4.07. The summed E-state index contributed by atoms with van der Waals surface area (Å²) >= 11 is 5.68. The van der Waals surface area contributed by atoms with Crippen LogP contribution in [0.25, 0.3) is 0 Å². The SMILES string of the molecule is COC(=O)Cc1cc(C#N)c(OC(F)F)cc1CCl. The summed E-state index contributed by atoms with van der Waals surface area (Å²) in [7, 11) is 1.22. The van der Waals surface area contributed by atoms with Crippen molar-refractivity contribution in [2.75, 3.05) is 7.11 Å². The van der Waals surface area contributed by atoms with Crippen LogP contribution >= 0.6 is 11.6 Å². The number of halogens is 3. The first-order chi connectivity index (χ1) is 9.01. The normalized spacial score (nSPS) is 10.1. The van der Waals surface area contributed by atoms with Crippen LogP contribution in [-0.2, 0) is 21.8 Å². The zero-order valence-corrected chi connectivity index (χ0v) is 10.7. The Morgan fingerprint density at radius 3 is 2.63 bits per heavy atom. The molecule has 0 aliphatic rings. The number of carbonyl (C=O) groups is 1. The third-order valence-electron chi connectivity index (χ3n) is 2.34. The molecule has 19 heavy (non-hydrogen) atoms. The molecule has 0 bridgehead atoms. The van der Waals surface area contributed by atoms with Gasteiger partial charge in [0.25, 0.3) is 0 Å². The summed E-state index contributed by atoms with van der Waals surface area (Å²) in [6.45, 7) is -3.04. The van der Waals surface area contributed by atoms with Crippen molar-refractivity contribution in [2.45, 2.75) is 18.9 Å². The average Bonchev–Trinajstić information content (AvgIpc) is 2.38. The molecular weight excluding hydrogens is 280 g/mol. The van der Waals surface area contributed by atoms with E-state index in [4.69, 9.17) is 16.9 Å². The van der Waals surface area contributed by atoms with E-state index in [1.165, 1.54) is 19.2 Å². The molecular formula is C12H10ClF2NO3. The second-order valence-corrected chi connectivity index (χ2v) is 3.76. The van der Waals surface area contributed by atoms with E-state index >= 15 is 0 Å². The fourth-order valence-electron chi connectivity index (χ4n) is 1.46. The number of nitriles is 1. The van der Waals surface area contributed by atoms with Crippen molar-refractivity contribution < 1.29 is 23.0 Å². The maximum atomic E-state index is 12.2. The average molecular weight is 290 g/mol. The predicted octanol–water partition coefficient (Wildman–Crippen LogP) is 2.61. The molecule has 0 spiro atoms. The van der Waals surface area contributed by atoms with E-state index in [0.717, 1.165) is 0 Å². The molecule has 0 saturated carbocycles. The summed E-state index contributed by atoms with van der Waals surface area (Å²) in [6, 6.07) is 4.26. The minimum Gasteiger partial charge on any atom is -0.469 e. The van der Waals surface area contributed by atoms with Crippen LogP contribution in [0.5, 0.6) is 5.75 Å². The number of nitrogens with zero attached hydrogens (tertiary/aromatic N) is 1. The van der Waals surface area contributed by atoms with Gasteiger partial charge in [-0.1, -0.05) is 0 Å². The lowest BCUT2D eigenvalue weighted by Crippen LogP contribution is -2.09. The molecule has 0 fully saturated rings. The summed E-state index contributed by atoms with van der Waals surface area (Å²) in [5, 5.41) is 8.89. The molecule has 0 aromatic heterocycles. The second kappa shape index (κ2) is 6.90. The summed E-state index contributed by atoms with van der Waals surface area (Å²) < 4.78 is 33.1. The maximum Gasteiger partial charge on any atom is 0.387 e. The Morgan fingerprint density at radius 2 is 2.16 bits per heavy atom. The highest BCUT2D eigenvalue weighted by Crippen LogP contribution is 2.26. The highest BCUT2D eigenvalue weighted by Gasteiger charge is 2.16. The van der Waals surface area contributed by atoms with Gasteiger partial charge in [0.05, 0.1) is 19.1 Å². The fraction of sp³-hybridized carbons (Fsp3) is 0.333. The lowest BCUT2D eigenvalue weighted by atomic mass is 10.0.